The molecule has 17 heavy (non-hydrogen) atoms. The minimum absolute atomic E-state index is 0.178. The number of hydrogen-bond donors (Lipinski definition) is 0. The zero-order valence-electron chi connectivity index (χ0n) is 9.27. The van der Waals surface area contributed by atoms with E-state index in [-0.39, 0.29) is 11.1 Å². The highest BCUT2D eigenvalue weighted by Gasteiger charge is 2.09. The molecule has 0 aliphatic carbocycles. The van der Waals surface area contributed by atoms with Crippen LogP contribution >= 0.6 is 11.6 Å². The van der Waals surface area contributed by atoms with Crippen molar-refractivity contribution >= 4 is 23.1 Å². The van der Waals surface area contributed by atoms with Crippen LogP contribution < -0.4 is 4.90 Å². The molecule has 0 bridgehead atoms. The molecular weight excluding hydrogens is 241 g/mol. The second-order valence-corrected chi connectivity index (χ2v) is 3.75. The van der Waals surface area contributed by atoms with Gasteiger partial charge in [-0.3, -0.25) is 0 Å². The molecule has 1 heterocycles. The normalized spacial score (nSPS) is 10.3. The summed E-state index contributed by atoms with van der Waals surface area (Å²) in [5, 5.41) is 0.178. The van der Waals surface area contributed by atoms with E-state index in [9.17, 15) is 4.39 Å². The molecule has 0 spiro atoms. The summed E-state index contributed by atoms with van der Waals surface area (Å²) in [6.07, 6.45) is 1.58. The first kappa shape index (κ1) is 11.8. The largest absolute Gasteiger partial charge is 0.326 e. The monoisotopic (exact) mass is 251 g/mol. The number of rotatable bonds is 3. The van der Waals surface area contributed by atoms with Gasteiger partial charge in [0.15, 0.2) is 0 Å². The van der Waals surface area contributed by atoms with Gasteiger partial charge in [0.2, 0.25) is 5.28 Å². The number of aromatic nitrogens is 2. The molecule has 88 valence electrons. The van der Waals surface area contributed by atoms with Gasteiger partial charge in [-0.1, -0.05) is 6.07 Å². The van der Waals surface area contributed by atoms with Crippen LogP contribution in [0.2, 0.25) is 5.28 Å². The lowest BCUT2D eigenvalue weighted by Crippen LogP contribution is -2.17. The molecule has 0 N–H and O–H groups in total. The van der Waals surface area contributed by atoms with Gasteiger partial charge in [0.05, 0.1) is 0 Å². The van der Waals surface area contributed by atoms with Crippen molar-refractivity contribution in [2.45, 2.75) is 6.92 Å². The Labute approximate surface area is 104 Å². The molecule has 0 atom stereocenters. The van der Waals surface area contributed by atoms with Gasteiger partial charge in [-0.15, -0.1) is 0 Å². The van der Waals surface area contributed by atoms with E-state index in [1.807, 2.05) is 17.9 Å². The van der Waals surface area contributed by atoms with Crippen molar-refractivity contribution in [1.29, 1.82) is 0 Å². The highest BCUT2D eigenvalue weighted by Crippen LogP contribution is 2.24. The van der Waals surface area contributed by atoms with Crippen LogP contribution in [0, 0.1) is 5.82 Å². The Kier molecular flexibility index (Phi) is 3.54. The van der Waals surface area contributed by atoms with E-state index in [0.29, 0.717) is 12.4 Å². The average molecular weight is 252 g/mol. The molecule has 5 heteroatoms. The zero-order valence-corrected chi connectivity index (χ0v) is 10.0. The van der Waals surface area contributed by atoms with E-state index >= 15 is 0 Å². The Bertz CT molecular complexity index is 473. The molecule has 2 rings (SSSR count). The maximum Gasteiger partial charge on any atom is 0.224 e. The van der Waals surface area contributed by atoms with Gasteiger partial charge < -0.3 is 4.90 Å². The topological polar surface area (TPSA) is 29.0 Å². The van der Waals surface area contributed by atoms with Gasteiger partial charge in [-0.05, 0) is 42.8 Å². The third-order valence-corrected chi connectivity index (χ3v) is 2.51. The summed E-state index contributed by atoms with van der Waals surface area (Å²) in [4.78, 5) is 9.79. The van der Waals surface area contributed by atoms with Gasteiger partial charge in [-0.2, -0.15) is 0 Å². The summed E-state index contributed by atoms with van der Waals surface area (Å²) in [5.41, 5.74) is 0.738. The van der Waals surface area contributed by atoms with Crippen LogP contribution in [0.15, 0.2) is 36.5 Å². The summed E-state index contributed by atoms with van der Waals surface area (Å²) < 4.78 is 13.2. The molecular formula is C12H11ClFN3. The summed E-state index contributed by atoms with van der Waals surface area (Å²) in [6.45, 7) is 2.62. The van der Waals surface area contributed by atoms with E-state index in [0.717, 1.165) is 5.69 Å². The fraction of sp³-hybridized carbons (Fsp3) is 0.167. The van der Waals surface area contributed by atoms with Crippen molar-refractivity contribution < 1.29 is 4.39 Å². The molecule has 3 nitrogen and oxygen atoms in total. The van der Waals surface area contributed by atoms with Crippen molar-refractivity contribution in [3.8, 4) is 0 Å². The highest BCUT2D eigenvalue weighted by molar-refractivity contribution is 6.28. The van der Waals surface area contributed by atoms with Gasteiger partial charge in [-0.25, -0.2) is 14.4 Å². The van der Waals surface area contributed by atoms with Crippen LogP contribution in [-0.4, -0.2) is 16.5 Å². The second-order valence-electron chi connectivity index (χ2n) is 3.41. The zero-order chi connectivity index (χ0) is 12.3. The smallest absolute Gasteiger partial charge is 0.224 e. The minimum Gasteiger partial charge on any atom is -0.326 e. The van der Waals surface area contributed by atoms with Crippen LogP contribution in [0.25, 0.3) is 0 Å². The predicted octanol–water partition coefficient (Wildman–Crippen LogP) is 3.43. The number of hydrogen-bond acceptors (Lipinski definition) is 3. The lowest BCUT2D eigenvalue weighted by atomic mass is 10.2. The molecule has 0 amide bonds. The van der Waals surface area contributed by atoms with Crippen molar-refractivity contribution in [1.82, 2.24) is 9.97 Å². The molecule has 0 aliphatic heterocycles. The summed E-state index contributed by atoms with van der Waals surface area (Å²) in [7, 11) is 0. The lowest BCUT2D eigenvalue weighted by Gasteiger charge is -2.21. The van der Waals surface area contributed by atoms with Crippen molar-refractivity contribution in [2.24, 2.45) is 0 Å². The minimum atomic E-state index is -0.277. The van der Waals surface area contributed by atoms with Crippen molar-refractivity contribution in [3.05, 3.63) is 47.6 Å². The van der Waals surface area contributed by atoms with Crippen LogP contribution in [0.5, 0.6) is 0 Å². The van der Waals surface area contributed by atoms with Crippen LogP contribution in [-0.2, 0) is 0 Å². The molecule has 1 aromatic heterocycles. The first-order valence-electron chi connectivity index (χ1n) is 5.22. The fourth-order valence-corrected chi connectivity index (χ4v) is 1.74. The molecule has 0 saturated carbocycles. The predicted molar refractivity (Wildman–Crippen MR) is 66.1 cm³/mol. The molecule has 1 aromatic carbocycles. The van der Waals surface area contributed by atoms with E-state index in [1.165, 1.54) is 12.1 Å². The van der Waals surface area contributed by atoms with Crippen molar-refractivity contribution in [3.63, 3.8) is 0 Å². The Balaban J connectivity index is 2.40. The summed E-state index contributed by atoms with van der Waals surface area (Å²) >= 11 is 5.74. The van der Waals surface area contributed by atoms with E-state index < -0.39 is 0 Å². The van der Waals surface area contributed by atoms with Crippen LogP contribution in [0.3, 0.4) is 0 Å². The standard InChI is InChI=1S/C12H11ClFN3/c1-2-17(10-5-3-4-9(14)8-10)11-6-7-15-12(13)16-11/h3-8H,2H2,1H3. The Morgan fingerprint density at radius 1 is 1.35 bits per heavy atom. The van der Waals surface area contributed by atoms with Gasteiger partial charge in [0.25, 0.3) is 0 Å². The first-order chi connectivity index (χ1) is 8.20. The molecule has 0 aliphatic rings. The number of benzene rings is 1. The van der Waals surface area contributed by atoms with Crippen LogP contribution in [0.1, 0.15) is 6.92 Å². The lowest BCUT2D eigenvalue weighted by molar-refractivity contribution is 0.627. The summed E-state index contributed by atoms with van der Waals surface area (Å²) in [6, 6.07) is 8.09. The average Bonchev–Trinajstić information content (AvgIpc) is 2.30. The van der Waals surface area contributed by atoms with E-state index in [4.69, 9.17) is 11.6 Å². The number of halogens is 2. The van der Waals surface area contributed by atoms with Gasteiger partial charge in [0, 0.05) is 18.4 Å². The highest BCUT2D eigenvalue weighted by atomic mass is 35.5. The fourth-order valence-electron chi connectivity index (χ4n) is 1.60. The third-order valence-electron chi connectivity index (χ3n) is 2.32. The third kappa shape index (κ3) is 2.71. The molecule has 2 aromatic rings. The van der Waals surface area contributed by atoms with Crippen LogP contribution in [0.4, 0.5) is 15.9 Å². The van der Waals surface area contributed by atoms with E-state index in [2.05, 4.69) is 9.97 Å². The molecule has 0 saturated heterocycles. The number of anilines is 2. The van der Waals surface area contributed by atoms with E-state index in [1.54, 1.807) is 18.3 Å². The maximum atomic E-state index is 13.2. The second kappa shape index (κ2) is 5.10. The molecule has 0 unspecified atom stereocenters. The Morgan fingerprint density at radius 2 is 2.18 bits per heavy atom. The molecule has 0 fully saturated rings. The van der Waals surface area contributed by atoms with Gasteiger partial charge in [0.1, 0.15) is 11.6 Å². The summed E-state index contributed by atoms with van der Waals surface area (Å²) in [5.74, 6) is 0.374. The first-order valence-corrected chi connectivity index (χ1v) is 5.60. The number of nitrogens with zero attached hydrogens (tertiary/aromatic N) is 3. The quantitative estimate of drug-likeness (QED) is 0.783. The van der Waals surface area contributed by atoms with Gasteiger partial charge >= 0.3 is 0 Å². The SMILES string of the molecule is CCN(c1cccc(F)c1)c1ccnc(Cl)n1. The maximum absolute atomic E-state index is 13.2. The Morgan fingerprint density at radius 3 is 2.82 bits per heavy atom. The van der Waals surface area contributed by atoms with Crippen molar-refractivity contribution in [2.75, 3.05) is 11.4 Å². The molecule has 0 radical (unpaired) electrons. The Hall–Kier alpha value is -1.68.